The van der Waals surface area contributed by atoms with Crippen molar-refractivity contribution in [2.45, 2.75) is 20.0 Å². The van der Waals surface area contributed by atoms with Gasteiger partial charge in [0.15, 0.2) is 5.52 Å². The van der Waals surface area contributed by atoms with Gasteiger partial charge in [-0.25, -0.2) is 0 Å². The Balaban J connectivity index is -0.000000251. The minimum Gasteiger partial charge on any atom is -0.652 e. The normalized spacial score (nSPS) is 8.20. The summed E-state index contributed by atoms with van der Waals surface area (Å²) < 4.78 is 0. The average molecular weight is 333 g/mol. The van der Waals surface area contributed by atoms with E-state index in [1.54, 1.807) is 32.0 Å². The van der Waals surface area contributed by atoms with Crippen molar-refractivity contribution >= 4 is 17.2 Å². The molecule has 0 atom stereocenters. The number of carboxylic acid groups (broad SMARTS) is 2. The van der Waals surface area contributed by atoms with E-state index in [4.69, 9.17) is 25.2 Å². The van der Waals surface area contributed by atoms with Gasteiger partial charge in [0, 0.05) is 6.10 Å². The number of H-pyrrole nitrogens is 1. The Morgan fingerprint density at radius 1 is 1.25 bits per heavy atom. The van der Waals surface area contributed by atoms with E-state index in [-0.39, 0.29) is 115 Å². The summed E-state index contributed by atoms with van der Waals surface area (Å²) in [5.41, 5.74) is 1.20. The van der Waals surface area contributed by atoms with E-state index in [0.29, 0.717) is 11.0 Å². The van der Waals surface area contributed by atoms with E-state index >= 15 is 0 Å². The minimum absolute atomic E-state index is 0. The van der Waals surface area contributed by atoms with Crippen LogP contribution in [0.4, 0.5) is 4.79 Å². The molecule has 0 unspecified atom stereocenters. The number of phenols is 1. The Morgan fingerprint density at radius 2 is 1.70 bits per heavy atom. The average Bonchev–Trinajstić information content (AvgIpc) is 2.65. The van der Waals surface area contributed by atoms with Crippen LogP contribution < -0.4 is 113 Å². The molecule has 0 amide bonds. The number of nitrogens with zero attached hydrogens (tertiary/aromatic N) is 2. The van der Waals surface area contributed by atoms with Crippen LogP contribution in [0.1, 0.15) is 13.8 Å². The summed E-state index contributed by atoms with van der Waals surface area (Å²) >= 11 is 0. The molecule has 10 heteroatoms. The number of phenolic OH excluding ortho intramolecular Hbond substituents is 1. The zero-order chi connectivity index (χ0) is 14.1. The zero-order valence-corrected chi connectivity index (χ0v) is 18.1. The quantitative estimate of drug-likeness (QED) is 0.406. The number of nitrogens with one attached hydrogen (secondary N) is 1. The van der Waals surface area contributed by atoms with Crippen molar-refractivity contribution < 1.29 is 128 Å². The van der Waals surface area contributed by atoms with Crippen molar-refractivity contribution in [3.05, 3.63) is 18.2 Å². The van der Waals surface area contributed by atoms with Crippen LogP contribution in [0.15, 0.2) is 18.2 Å². The third kappa shape index (κ3) is 13.9. The van der Waals surface area contributed by atoms with E-state index < -0.39 is 6.16 Å². The number of aromatic nitrogens is 3. The maximum Gasteiger partial charge on any atom is 1.00 e. The number of carbonyl (C=O) groups is 1. The summed E-state index contributed by atoms with van der Waals surface area (Å²) in [6.45, 7) is 3.44. The largest absolute Gasteiger partial charge is 1.00 e. The van der Waals surface area contributed by atoms with Crippen molar-refractivity contribution in [2.75, 3.05) is 0 Å². The molecule has 0 spiro atoms. The van der Waals surface area contributed by atoms with Gasteiger partial charge in [-0.05, 0) is 32.1 Å². The van der Waals surface area contributed by atoms with Gasteiger partial charge in [0.25, 0.3) is 0 Å². The fourth-order valence-electron chi connectivity index (χ4n) is 0.853. The minimum atomic E-state index is -2.33. The smallest absolute Gasteiger partial charge is 0.652 e. The molecule has 0 aliphatic rings. The maximum absolute atomic E-state index is 9.14. The summed E-state index contributed by atoms with van der Waals surface area (Å²) in [5, 5.41) is 43.8. The molecule has 0 radical (unpaired) electrons. The number of rotatable bonds is 0. The van der Waals surface area contributed by atoms with Gasteiger partial charge in [0.2, 0.25) is 0 Å². The summed E-state index contributed by atoms with van der Waals surface area (Å²) in [7, 11) is 0. The number of aliphatic hydroxyl groups excluding tert-OH is 1. The number of para-hydroxylation sites is 1. The fraction of sp³-hybridized carbons (Fsp3) is 0.300. The number of aromatic hydroxyl groups is 1. The summed E-state index contributed by atoms with van der Waals surface area (Å²) in [5.74, 6) is 0.159. The van der Waals surface area contributed by atoms with Gasteiger partial charge in [-0.2, -0.15) is 15.4 Å². The molecule has 2 rings (SSSR count). The van der Waals surface area contributed by atoms with Gasteiger partial charge in [-0.15, -0.1) is 0 Å². The second kappa shape index (κ2) is 14.8. The molecule has 100 valence electrons. The van der Waals surface area contributed by atoms with Crippen LogP contribution in [-0.4, -0.2) is 37.9 Å². The van der Waals surface area contributed by atoms with Crippen LogP contribution in [0.3, 0.4) is 0 Å². The molecule has 1 aromatic heterocycles. The molecule has 0 saturated heterocycles. The number of aliphatic hydroxyl groups is 1. The zero-order valence-electron chi connectivity index (χ0n) is 11.8. The van der Waals surface area contributed by atoms with Crippen LogP contribution >= 0.6 is 0 Å². The number of carbonyl (C=O) groups excluding carboxylic acids is 1. The topological polar surface area (TPSA) is 145 Å². The predicted molar refractivity (Wildman–Crippen MR) is 58.3 cm³/mol. The number of aromatic amines is 1. The first-order valence-electron chi connectivity index (χ1n) is 4.89. The third-order valence-electron chi connectivity index (χ3n) is 1.33. The molecule has 0 bridgehead atoms. The Hall–Kier alpha value is 0.923. The van der Waals surface area contributed by atoms with E-state index in [1.807, 2.05) is 0 Å². The van der Waals surface area contributed by atoms with Crippen molar-refractivity contribution in [3.8, 4) is 5.75 Å². The molecule has 8 nitrogen and oxygen atoms in total. The fourth-order valence-corrected chi connectivity index (χ4v) is 0.853. The standard InChI is InChI=1S/C6H5N3O.C3H8O.CH2O3.2K/c10-5-3-1-2-4-6(5)8-9-7-4;1-3(2)4;2-1(3)4;;/h1-3,10H,(H,7,8,9);3-4H,1-2H3;(H2,2,3,4);;/q;;;2*+1/p-2. The van der Waals surface area contributed by atoms with Crippen molar-refractivity contribution in [1.82, 2.24) is 15.4 Å². The first-order valence-corrected chi connectivity index (χ1v) is 4.89. The molecule has 0 fully saturated rings. The maximum atomic E-state index is 9.14. The Morgan fingerprint density at radius 3 is 2.10 bits per heavy atom. The molecule has 1 aromatic carbocycles. The summed E-state index contributed by atoms with van der Waals surface area (Å²) in [6.07, 6.45) is -2.50. The molecule has 20 heavy (non-hydrogen) atoms. The van der Waals surface area contributed by atoms with E-state index in [1.165, 1.54) is 0 Å². The summed E-state index contributed by atoms with van der Waals surface area (Å²) in [6, 6.07) is 5.07. The van der Waals surface area contributed by atoms with Crippen LogP contribution in [0.5, 0.6) is 5.75 Å². The predicted octanol–water partition coefficient (Wildman–Crippen LogP) is -7.39. The Kier molecular flexibility index (Phi) is 19.2. The van der Waals surface area contributed by atoms with Crippen LogP contribution in [0.25, 0.3) is 11.0 Å². The number of hydrogen-bond donors (Lipinski definition) is 3. The van der Waals surface area contributed by atoms with Gasteiger partial charge < -0.3 is 25.2 Å². The Bertz CT molecular complexity index is 486. The van der Waals surface area contributed by atoms with Gasteiger partial charge in [0.05, 0.1) is 0 Å². The van der Waals surface area contributed by atoms with E-state index in [9.17, 15) is 0 Å². The van der Waals surface area contributed by atoms with Gasteiger partial charge in [0.1, 0.15) is 11.3 Å². The van der Waals surface area contributed by atoms with Crippen molar-refractivity contribution in [1.29, 1.82) is 0 Å². The van der Waals surface area contributed by atoms with E-state index in [0.717, 1.165) is 0 Å². The SMILES string of the molecule is CC(C)O.O=C([O-])[O-].Oc1cccc2n[nH]nc12.[K+].[K+]. The molecule has 0 aliphatic heterocycles. The second-order valence-electron chi connectivity index (χ2n) is 3.31. The monoisotopic (exact) mass is 333 g/mol. The third-order valence-corrected chi connectivity index (χ3v) is 1.33. The molecule has 0 aliphatic carbocycles. The molecule has 0 saturated carbocycles. The number of fused-ring (bicyclic) bond motifs is 1. The molecule has 2 aromatic rings. The first-order chi connectivity index (χ1) is 8.34. The van der Waals surface area contributed by atoms with Gasteiger partial charge in [-0.1, -0.05) is 6.07 Å². The molecule has 3 N–H and O–H groups in total. The molecular formula is C10H13K2N3O5. The summed E-state index contributed by atoms with van der Waals surface area (Å²) in [4.78, 5) is 8.33. The molecule has 1 heterocycles. The number of benzene rings is 1. The van der Waals surface area contributed by atoms with Gasteiger partial charge >= 0.3 is 103 Å². The number of hydrogen-bond acceptors (Lipinski definition) is 7. The van der Waals surface area contributed by atoms with Crippen molar-refractivity contribution in [3.63, 3.8) is 0 Å². The first kappa shape index (κ1) is 25.9. The second-order valence-corrected chi connectivity index (χ2v) is 3.31. The van der Waals surface area contributed by atoms with Crippen LogP contribution in [0.2, 0.25) is 0 Å². The van der Waals surface area contributed by atoms with Crippen molar-refractivity contribution in [2.24, 2.45) is 0 Å². The van der Waals surface area contributed by atoms with Gasteiger partial charge in [-0.3, -0.25) is 0 Å². The van der Waals surface area contributed by atoms with Crippen LogP contribution in [0, 0.1) is 0 Å². The van der Waals surface area contributed by atoms with Crippen LogP contribution in [-0.2, 0) is 0 Å². The molecular weight excluding hydrogens is 320 g/mol. The van der Waals surface area contributed by atoms with E-state index in [2.05, 4.69) is 15.4 Å². The Labute approximate surface area is 200 Å².